The summed E-state index contributed by atoms with van der Waals surface area (Å²) in [5.41, 5.74) is 2.89. The van der Waals surface area contributed by atoms with Crippen molar-refractivity contribution < 1.29 is 23.6 Å². The second-order valence-corrected chi connectivity index (χ2v) is 6.83. The molecule has 8 nitrogen and oxygen atoms in total. The summed E-state index contributed by atoms with van der Waals surface area (Å²) < 4.78 is 19.6. The molecule has 0 radical (unpaired) electrons. The van der Waals surface area contributed by atoms with Gasteiger partial charge in [0.05, 0.1) is 10.6 Å². The van der Waals surface area contributed by atoms with Crippen molar-refractivity contribution >= 4 is 29.3 Å². The first-order valence-corrected chi connectivity index (χ1v) is 9.51. The van der Waals surface area contributed by atoms with Gasteiger partial charge in [-0.3, -0.25) is 25.1 Å². The molecule has 0 aromatic heterocycles. The van der Waals surface area contributed by atoms with Crippen LogP contribution >= 0.6 is 0 Å². The third kappa shape index (κ3) is 4.17. The Morgan fingerprint density at radius 2 is 1.75 bits per heavy atom. The average Bonchev–Trinajstić information content (AvgIpc) is 3.08. The van der Waals surface area contributed by atoms with Crippen molar-refractivity contribution in [2.24, 2.45) is 0 Å². The molecule has 0 unspecified atom stereocenters. The van der Waals surface area contributed by atoms with Gasteiger partial charge in [0.1, 0.15) is 23.7 Å². The van der Waals surface area contributed by atoms with Crippen molar-refractivity contribution in [3.05, 3.63) is 105 Å². The van der Waals surface area contributed by atoms with E-state index in [4.69, 9.17) is 4.74 Å². The van der Waals surface area contributed by atoms with E-state index in [2.05, 4.69) is 5.43 Å². The van der Waals surface area contributed by atoms with Crippen LogP contribution in [0.2, 0.25) is 0 Å². The molecule has 4 rings (SSSR count). The van der Waals surface area contributed by atoms with Crippen LogP contribution < -0.4 is 15.2 Å². The Kier molecular flexibility index (Phi) is 5.63. The monoisotopic (exact) mass is 433 g/mol. The molecule has 0 aliphatic carbocycles. The Bertz CT molecular complexity index is 1240. The molecule has 32 heavy (non-hydrogen) atoms. The largest absolute Gasteiger partial charge is 0.488 e. The molecule has 9 heteroatoms. The number of para-hydroxylation sites is 1. The number of hydrogen-bond acceptors (Lipinski definition) is 5. The van der Waals surface area contributed by atoms with E-state index in [1.165, 1.54) is 30.3 Å². The van der Waals surface area contributed by atoms with E-state index < -0.39 is 22.6 Å². The summed E-state index contributed by atoms with van der Waals surface area (Å²) in [4.78, 5) is 35.9. The minimum absolute atomic E-state index is 0.142. The highest BCUT2D eigenvalue weighted by atomic mass is 19.1. The summed E-state index contributed by atoms with van der Waals surface area (Å²) >= 11 is 0. The number of anilines is 1. The zero-order chi connectivity index (χ0) is 22.7. The minimum atomic E-state index is -0.662. The van der Waals surface area contributed by atoms with Gasteiger partial charge in [0.2, 0.25) is 0 Å². The first-order valence-electron chi connectivity index (χ1n) is 9.51. The number of hydrazine groups is 1. The summed E-state index contributed by atoms with van der Waals surface area (Å²) in [6.45, 7) is -0.142. The molecule has 1 aliphatic heterocycles. The van der Waals surface area contributed by atoms with Crippen LogP contribution in [0.1, 0.15) is 11.1 Å². The first-order chi connectivity index (χ1) is 15.4. The van der Waals surface area contributed by atoms with E-state index in [1.54, 1.807) is 48.5 Å². The van der Waals surface area contributed by atoms with Crippen molar-refractivity contribution in [1.82, 2.24) is 5.43 Å². The van der Waals surface area contributed by atoms with Crippen LogP contribution in [0.5, 0.6) is 5.75 Å². The Balaban J connectivity index is 1.68. The summed E-state index contributed by atoms with van der Waals surface area (Å²) in [5.74, 6) is -1.58. The summed E-state index contributed by atoms with van der Waals surface area (Å²) in [6, 6.07) is 18.3. The smallest absolute Gasteiger partial charge is 0.282 e. The second-order valence-electron chi connectivity index (χ2n) is 6.83. The van der Waals surface area contributed by atoms with Crippen LogP contribution in [-0.2, 0) is 16.2 Å². The molecule has 3 aromatic rings. The van der Waals surface area contributed by atoms with Crippen molar-refractivity contribution in [3.8, 4) is 5.75 Å². The molecular formula is C23H16FN3O5. The maximum Gasteiger partial charge on any atom is 0.282 e. The van der Waals surface area contributed by atoms with Crippen LogP contribution in [0, 0.1) is 15.9 Å². The van der Waals surface area contributed by atoms with Gasteiger partial charge in [-0.25, -0.2) is 9.40 Å². The fraction of sp³-hybridized carbons (Fsp3) is 0.0435. The third-order valence-electron chi connectivity index (χ3n) is 4.75. The molecule has 1 saturated heterocycles. The fourth-order valence-electron chi connectivity index (χ4n) is 3.14. The average molecular weight is 433 g/mol. The predicted octanol–water partition coefficient (Wildman–Crippen LogP) is 3.77. The molecule has 0 bridgehead atoms. The predicted molar refractivity (Wildman–Crippen MR) is 114 cm³/mol. The molecular weight excluding hydrogens is 417 g/mol. The van der Waals surface area contributed by atoms with Crippen molar-refractivity contribution in [3.63, 3.8) is 0 Å². The first kappa shape index (κ1) is 20.7. The van der Waals surface area contributed by atoms with Crippen molar-refractivity contribution in [1.29, 1.82) is 0 Å². The fourth-order valence-corrected chi connectivity index (χ4v) is 3.14. The standard InChI is InChI=1S/C23H16FN3O5/c24-20-9-5-4-6-15(20)14-32-21-11-10-18(27(30)31)12-16(21)13-19-22(28)25-26(23(19)29)17-7-2-1-3-8-17/h1-13H,14H2,(H,25,28)/b19-13+. The number of rotatable bonds is 6. The molecule has 1 aliphatic rings. The Morgan fingerprint density at radius 1 is 1.03 bits per heavy atom. The number of nitrogens with one attached hydrogen (secondary N) is 1. The molecule has 0 atom stereocenters. The molecule has 160 valence electrons. The number of hydrogen-bond donors (Lipinski definition) is 1. The number of carbonyl (C=O) groups is 2. The number of nitrogens with zero attached hydrogens (tertiary/aromatic N) is 2. The lowest BCUT2D eigenvalue weighted by Crippen LogP contribution is -2.35. The van der Waals surface area contributed by atoms with Gasteiger partial charge in [-0.2, -0.15) is 0 Å². The lowest BCUT2D eigenvalue weighted by atomic mass is 10.1. The SMILES string of the molecule is O=C1NN(c2ccccc2)C(=O)/C1=C/c1cc([N+](=O)[O-])ccc1OCc1ccccc1F. The van der Waals surface area contributed by atoms with E-state index in [1.807, 2.05) is 0 Å². The van der Waals surface area contributed by atoms with Crippen LogP contribution in [0.3, 0.4) is 0 Å². The van der Waals surface area contributed by atoms with Gasteiger partial charge in [0.15, 0.2) is 0 Å². The third-order valence-corrected chi connectivity index (χ3v) is 4.75. The molecule has 1 heterocycles. The number of non-ortho nitro benzene ring substituents is 1. The highest BCUT2D eigenvalue weighted by Gasteiger charge is 2.34. The zero-order valence-corrected chi connectivity index (χ0v) is 16.5. The Hall–Kier alpha value is -4.53. The van der Waals surface area contributed by atoms with Gasteiger partial charge in [-0.15, -0.1) is 0 Å². The highest BCUT2D eigenvalue weighted by Crippen LogP contribution is 2.29. The Labute approximate surface area is 181 Å². The summed E-state index contributed by atoms with van der Waals surface area (Å²) in [6.07, 6.45) is 1.23. The lowest BCUT2D eigenvalue weighted by Gasteiger charge is -2.14. The normalized spacial score (nSPS) is 14.5. The van der Waals surface area contributed by atoms with E-state index in [0.29, 0.717) is 5.69 Å². The number of nitro groups is 1. The lowest BCUT2D eigenvalue weighted by molar-refractivity contribution is -0.384. The summed E-state index contributed by atoms with van der Waals surface area (Å²) in [5, 5.41) is 12.3. The molecule has 0 saturated carbocycles. The zero-order valence-electron chi connectivity index (χ0n) is 16.5. The van der Waals surface area contributed by atoms with Gasteiger partial charge < -0.3 is 4.74 Å². The van der Waals surface area contributed by atoms with Crippen LogP contribution in [0.25, 0.3) is 6.08 Å². The van der Waals surface area contributed by atoms with E-state index in [-0.39, 0.29) is 34.7 Å². The van der Waals surface area contributed by atoms with Gasteiger partial charge in [-0.1, -0.05) is 36.4 Å². The van der Waals surface area contributed by atoms with Crippen molar-refractivity contribution in [2.45, 2.75) is 6.61 Å². The molecule has 0 spiro atoms. The molecule has 3 aromatic carbocycles. The molecule has 1 N–H and O–H groups in total. The van der Waals surface area contributed by atoms with Gasteiger partial charge in [0, 0.05) is 23.3 Å². The van der Waals surface area contributed by atoms with Gasteiger partial charge in [0.25, 0.3) is 17.5 Å². The van der Waals surface area contributed by atoms with Crippen LogP contribution in [0.15, 0.2) is 78.4 Å². The number of halogens is 1. The number of benzene rings is 3. The molecule has 2 amide bonds. The quantitative estimate of drug-likeness (QED) is 0.276. The Morgan fingerprint density at radius 3 is 2.47 bits per heavy atom. The van der Waals surface area contributed by atoms with Crippen LogP contribution in [0.4, 0.5) is 15.8 Å². The number of carbonyl (C=O) groups excluding carboxylic acids is 2. The van der Waals surface area contributed by atoms with E-state index >= 15 is 0 Å². The number of ether oxygens (including phenoxy) is 1. The topological polar surface area (TPSA) is 102 Å². The molecule has 1 fully saturated rings. The van der Waals surface area contributed by atoms with E-state index in [9.17, 15) is 24.1 Å². The number of nitro benzene ring substituents is 1. The maximum atomic E-state index is 13.9. The maximum absolute atomic E-state index is 13.9. The second kappa shape index (κ2) is 8.68. The van der Waals surface area contributed by atoms with Gasteiger partial charge >= 0.3 is 0 Å². The summed E-state index contributed by atoms with van der Waals surface area (Å²) in [7, 11) is 0. The van der Waals surface area contributed by atoms with Gasteiger partial charge in [-0.05, 0) is 30.3 Å². The van der Waals surface area contributed by atoms with Crippen molar-refractivity contribution in [2.75, 3.05) is 5.01 Å². The van der Waals surface area contributed by atoms with E-state index in [0.717, 1.165) is 5.01 Å². The van der Waals surface area contributed by atoms with Crippen LogP contribution in [-0.4, -0.2) is 16.7 Å². The minimum Gasteiger partial charge on any atom is -0.488 e. The number of amides is 2. The highest BCUT2D eigenvalue weighted by molar-refractivity contribution is 6.31.